The highest BCUT2D eigenvalue weighted by Gasteiger charge is 2.23. The summed E-state index contributed by atoms with van der Waals surface area (Å²) >= 11 is 4.45. The van der Waals surface area contributed by atoms with Gasteiger partial charge in [-0.25, -0.2) is 0 Å². The predicted molar refractivity (Wildman–Crippen MR) is 108 cm³/mol. The lowest BCUT2D eigenvalue weighted by molar-refractivity contribution is 0.440. The number of thiol groups is 1. The molecule has 1 unspecified atom stereocenters. The van der Waals surface area contributed by atoms with Gasteiger partial charge in [0, 0.05) is 4.90 Å². The van der Waals surface area contributed by atoms with Crippen LogP contribution in [0.4, 0.5) is 0 Å². The van der Waals surface area contributed by atoms with Crippen LogP contribution in [0.25, 0.3) is 11.1 Å². The summed E-state index contributed by atoms with van der Waals surface area (Å²) in [6.45, 7) is 4.71. The van der Waals surface area contributed by atoms with Crippen LogP contribution in [0.2, 0.25) is 0 Å². The summed E-state index contributed by atoms with van der Waals surface area (Å²) in [6.07, 6.45) is 9.42. The Kier molecular flexibility index (Phi) is 6.05. The molecule has 3 rings (SSSR count). The first-order valence-electron chi connectivity index (χ1n) is 9.63. The highest BCUT2D eigenvalue weighted by molar-refractivity contribution is 7.80. The predicted octanol–water partition coefficient (Wildman–Crippen LogP) is 7.59. The Morgan fingerprint density at radius 3 is 2.38 bits per heavy atom. The lowest BCUT2D eigenvalue weighted by Gasteiger charge is -2.29. The summed E-state index contributed by atoms with van der Waals surface area (Å²) in [4.78, 5) is 1.04. The van der Waals surface area contributed by atoms with Crippen LogP contribution in [0.1, 0.15) is 81.8 Å². The van der Waals surface area contributed by atoms with Crippen LogP contribution in [0.5, 0.6) is 0 Å². The van der Waals surface area contributed by atoms with Gasteiger partial charge in [0.25, 0.3) is 0 Å². The molecule has 0 heterocycles. The third-order valence-electron chi connectivity index (χ3n) is 5.58. The molecule has 2 aromatic rings. The Bertz CT molecular complexity index is 650. The Labute approximate surface area is 153 Å². The van der Waals surface area contributed by atoms with Gasteiger partial charge in [0.05, 0.1) is 0 Å². The Balaban J connectivity index is 2.09. The molecule has 0 bridgehead atoms. The van der Waals surface area contributed by atoms with E-state index in [1.165, 1.54) is 56.1 Å². The normalized spacial score (nSPS) is 17.0. The summed E-state index contributed by atoms with van der Waals surface area (Å²) in [5.74, 6) is 1.39. The van der Waals surface area contributed by atoms with Gasteiger partial charge in [-0.05, 0) is 65.5 Å². The van der Waals surface area contributed by atoms with E-state index in [0.717, 1.165) is 10.8 Å². The molecule has 1 aliphatic rings. The van der Waals surface area contributed by atoms with E-state index in [-0.39, 0.29) is 0 Å². The van der Waals surface area contributed by atoms with Crippen LogP contribution in [0.15, 0.2) is 47.4 Å². The molecule has 1 fully saturated rings. The summed E-state index contributed by atoms with van der Waals surface area (Å²) in [5.41, 5.74) is 6.04. The van der Waals surface area contributed by atoms with Crippen molar-refractivity contribution in [3.05, 3.63) is 53.6 Å². The molecule has 1 saturated carbocycles. The zero-order valence-corrected chi connectivity index (χ0v) is 16.0. The second-order valence-electron chi connectivity index (χ2n) is 7.38. The molecule has 24 heavy (non-hydrogen) atoms. The fraction of sp³-hybridized carbons (Fsp3) is 0.478. The summed E-state index contributed by atoms with van der Waals surface area (Å²) in [7, 11) is 0. The van der Waals surface area contributed by atoms with Gasteiger partial charge in [0.2, 0.25) is 0 Å². The first-order chi connectivity index (χ1) is 11.7. The number of rotatable bonds is 5. The highest BCUT2D eigenvalue weighted by Crippen LogP contribution is 2.42. The second-order valence-corrected chi connectivity index (χ2v) is 7.90. The van der Waals surface area contributed by atoms with E-state index >= 15 is 0 Å². The van der Waals surface area contributed by atoms with Crippen molar-refractivity contribution in [1.29, 1.82) is 0 Å². The molecule has 0 aromatic heterocycles. The molecule has 0 saturated heterocycles. The van der Waals surface area contributed by atoms with E-state index in [1.54, 1.807) is 11.1 Å². The van der Waals surface area contributed by atoms with Gasteiger partial charge in [-0.1, -0.05) is 69.9 Å². The van der Waals surface area contributed by atoms with E-state index in [0.29, 0.717) is 5.92 Å². The Morgan fingerprint density at radius 1 is 1.00 bits per heavy atom. The van der Waals surface area contributed by atoms with Gasteiger partial charge in [-0.15, -0.1) is 12.6 Å². The maximum atomic E-state index is 4.45. The van der Waals surface area contributed by atoms with Gasteiger partial charge in [-0.2, -0.15) is 0 Å². The average Bonchev–Trinajstić information content (AvgIpc) is 2.63. The highest BCUT2D eigenvalue weighted by atomic mass is 32.1. The van der Waals surface area contributed by atoms with E-state index in [1.807, 2.05) is 0 Å². The summed E-state index contributed by atoms with van der Waals surface area (Å²) < 4.78 is 0. The zero-order valence-electron chi connectivity index (χ0n) is 15.1. The molecule has 1 aliphatic carbocycles. The number of benzene rings is 2. The molecule has 2 aromatic carbocycles. The molecule has 0 amide bonds. The van der Waals surface area contributed by atoms with Crippen molar-refractivity contribution >= 4 is 12.6 Å². The smallest absolute Gasteiger partial charge is 0.00404 e. The van der Waals surface area contributed by atoms with Crippen molar-refractivity contribution in [3.63, 3.8) is 0 Å². The summed E-state index contributed by atoms with van der Waals surface area (Å²) in [6, 6.07) is 15.7. The van der Waals surface area contributed by atoms with Crippen LogP contribution in [-0.4, -0.2) is 0 Å². The molecule has 0 N–H and O–H groups in total. The van der Waals surface area contributed by atoms with Crippen LogP contribution < -0.4 is 0 Å². The van der Waals surface area contributed by atoms with Crippen LogP contribution in [-0.2, 0) is 0 Å². The Morgan fingerprint density at radius 2 is 1.71 bits per heavy atom. The lowest BCUT2D eigenvalue weighted by atomic mass is 9.76. The van der Waals surface area contributed by atoms with Crippen molar-refractivity contribution < 1.29 is 0 Å². The lowest BCUT2D eigenvalue weighted by Crippen LogP contribution is -2.11. The van der Waals surface area contributed by atoms with Crippen LogP contribution in [0.3, 0.4) is 0 Å². The standard InChI is InChI=1S/C23H30S/c1-3-8-17(2)21-11-7-12-22(18-13-15-20(24)16-14-18)23(21)19-9-5-4-6-10-19/h7,11-17,19,24H,3-6,8-10H2,1-2H3. The topological polar surface area (TPSA) is 0 Å². The fourth-order valence-corrected chi connectivity index (χ4v) is 4.49. The van der Waals surface area contributed by atoms with Crippen molar-refractivity contribution in [2.24, 2.45) is 0 Å². The van der Waals surface area contributed by atoms with Gasteiger partial charge >= 0.3 is 0 Å². The molecule has 128 valence electrons. The van der Waals surface area contributed by atoms with E-state index < -0.39 is 0 Å². The Hall–Kier alpha value is -1.21. The van der Waals surface area contributed by atoms with Gasteiger partial charge in [0.1, 0.15) is 0 Å². The van der Waals surface area contributed by atoms with Crippen molar-refractivity contribution in [2.45, 2.75) is 75.5 Å². The van der Waals surface area contributed by atoms with Crippen molar-refractivity contribution in [3.8, 4) is 11.1 Å². The van der Waals surface area contributed by atoms with Crippen LogP contribution in [0, 0.1) is 0 Å². The molecule has 1 heteroatoms. The first kappa shape index (κ1) is 17.6. The largest absolute Gasteiger partial charge is 0.143 e. The molecule has 0 aliphatic heterocycles. The van der Waals surface area contributed by atoms with Crippen LogP contribution >= 0.6 is 12.6 Å². The van der Waals surface area contributed by atoms with E-state index in [9.17, 15) is 0 Å². The molecular weight excluding hydrogens is 308 g/mol. The van der Waals surface area contributed by atoms with Gasteiger partial charge in [0.15, 0.2) is 0 Å². The van der Waals surface area contributed by atoms with E-state index in [4.69, 9.17) is 0 Å². The third-order valence-corrected chi connectivity index (χ3v) is 5.88. The second kappa shape index (κ2) is 8.25. The minimum Gasteiger partial charge on any atom is -0.143 e. The van der Waals surface area contributed by atoms with E-state index in [2.05, 4.69) is 68.9 Å². The molecule has 0 nitrogen and oxygen atoms in total. The number of hydrogen-bond acceptors (Lipinski definition) is 1. The van der Waals surface area contributed by atoms with Gasteiger partial charge in [-0.3, -0.25) is 0 Å². The average molecular weight is 339 g/mol. The van der Waals surface area contributed by atoms with Crippen molar-refractivity contribution in [1.82, 2.24) is 0 Å². The maximum absolute atomic E-state index is 4.45. The third kappa shape index (κ3) is 3.88. The molecule has 1 atom stereocenters. The fourth-order valence-electron chi connectivity index (χ4n) is 4.34. The maximum Gasteiger partial charge on any atom is 0.00404 e. The molecular formula is C23H30S. The zero-order chi connectivity index (χ0) is 16.9. The number of hydrogen-bond donors (Lipinski definition) is 1. The summed E-state index contributed by atoms with van der Waals surface area (Å²) in [5, 5.41) is 0. The first-order valence-corrected chi connectivity index (χ1v) is 10.1. The molecule has 0 radical (unpaired) electrons. The SMILES string of the molecule is CCCC(C)c1cccc(-c2ccc(S)cc2)c1C1CCCCC1. The minimum atomic E-state index is 0.649. The van der Waals surface area contributed by atoms with Gasteiger partial charge < -0.3 is 0 Å². The molecule has 0 spiro atoms. The minimum absolute atomic E-state index is 0.649. The monoisotopic (exact) mass is 338 g/mol. The van der Waals surface area contributed by atoms with Crippen molar-refractivity contribution in [2.75, 3.05) is 0 Å². The quantitative estimate of drug-likeness (QED) is 0.533.